The molecule has 3 rings (SSSR count). The minimum absolute atomic E-state index is 0.308. The van der Waals surface area contributed by atoms with Gasteiger partial charge >= 0.3 is 0 Å². The quantitative estimate of drug-likeness (QED) is 0.790. The summed E-state index contributed by atoms with van der Waals surface area (Å²) >= 11 is 0. The van der Waals surface area contributed by atoms with Gasteiger partial charge in [-0.05, 0) is 30.9 Å². The lowest BCUT2D eigenvalue weighted by Gasteiger charge is -2.35. The molecule has 106 valence electrons. The summed E-state index contributed by atoms with van der Waals surface area (Å²) in [6.45, 7) is 3.38. The van der Waals surface area contributed by atoms with Crippen molar-refractivity contribution < 1.29 is 4.79 Å². The second kappa shape index (κ2) is 6.07. The van der Waals surface area contributed by atoms with Gasteiger partial charge in [-0.25, -0.2) is 4.98 Å². The first-order valence-electron chi connectivity index (χ1n) is 7.43. The average Bonchev–Trinajstić information content (AvgIpc) is 3.01. The number of hydrogen-bond donors (Lipinski definition) is 0. The van der Waals surface area contributed by atoms with Crippen LogP contribution in [0.1, 0.15) is 19.3 Å². The molecule has 0 N–H and O–H groups in total. The van der Waals surface area contributed by atoms with Gasteiger partial charge in [0, 0.05) is 38.8 Å². The third kappa shape index (κ3) is 3.00. The molecule has 4 heteroatoms. The van der Waals surface area contributed by atoms with Crippen molar-refractivity contribution in [2.75, 3.05) is 31.1 Å². The first-order chi connectivity index (χ1) is 9.83. The second-order valence-corrected chi connectivity index (χ2v) is 5.53. The SMILES string of the molecule is O=C(CC1C=CCC1)N1CCN(c2ccccn2)CC1. The largest absolute Gasteiger partial charge is 0.353 e. The number of aromatic nitrogens is 1. The van der Waals surface area contributed by atoms with Crippen molar-refractivity contribution in [3.8, 4) is 0 Å². The summed E-state index contributed by atoms with van der Waals surface area (Å²) in [7, 11) is 0. The van der Waals surface area contributed by atoms with Crippen LogP contribution >= 0.6 is 0 Å². The van der Waals surface area contributed by atoms with Gasteiger partial charge in [-0.15, -0.1) is 0 Å². The van der Waals surface area contributed by atoms with Crippen molar-refractivity contribution in [3.63, 3.8) is 0 Å². The Bertz CT molecular complexity index is 478. The average molecular weight is 271 g/mol. The summed E-state index contributed by atoms with van der Waals surface area (Å²) in [5, 5.41) is 0. The van der Waals surface area contributed by atoms with E-state index in [1.165, 1.54) is 0 Å². The van der Waals surface area contributed by atoms with Gasteiger partial charge in [-0.1, -0.05) is 18.2 Å². The number of piperazine rings is 1. The summed E-state index contributed by atoms with van der Waals surface area (Å²) in [6, 6.07) is 5.96. The first-order valence-corrected chi connectivity index (χ1v) is 7.43. The van der Waals surface area contributed by atoms with Crippen LogP contribution in [0, 0.1) is 5.92 Å². The van der Waals surface area contributed by atoms with Crippen molar-refractivity contribution in [1.82, 2.24) is 9.88 Å². The zero-order valence-electron chi connectivity index (χ0n) is 11.7. The summed E-state index contributed by atoms with van der Waals surface area (Å²) in [6.07, 6.45) is 9.16. The molecular formula is C16H21N3O. The van der Waals surface area contributed by atoms with Crippen molar-refractivity contribution in [1.29, 1.82) is 0 Å². The van der Waals surface area contributed by atoms with Crippen LogP contribution in [0.25, 0.3) is 0 Å². The van der Waals surface area contributed by atoms with E-state index in [0.717, 1.165) is 44.8 Å². The van der Waals surface area contributed by atoms with Crippen LogP contribution in [-0.2, 0) is 4.79 Å². The number of pyridine rings is 1. The predicted octanol–water partition coefficient (Wildman–Crippen LogP) is 2.09. The van der Waals surface area contributed by atoms with Crippen LogP contribution in [0.4, 0.5) is 5.82 Å². The van der Waals surface area contributed by atoms with Gasteiger partial charge in [0.15, 0.2) is 0 Å². The molecule has 1 saturated heterocycles. The lowest BCUT2D eigenvalue weighted by molar-refractivity contribution is -0.132. The van der Waals surface area contributed by atoms with E-state index in [2.05, 4.69) is 22.0 Å². The summed E-state index contributed by atoms with van der Waals surface area (Å²) < 4.78 is 0. The second-order valence-electron chi connectivity index (χ2n) is 5.53. The van der Waals surface area contributed by atoms with E-state index < -0.39 is 0 Å². The molecule has 20 heavy (non-hydrogen) atoms. The fourth-order valence-corrected chi connectivity index (χ4v) is 2.94. The zero-order chi connectivity index (χ0) is 13.8. The van der Waals surface area contributed by atoms with E-state index in [4.69, 9.17) is 0 Å². The van der Waals surface area contributed by atoms with Crippen LogP contribution in [0.3, 0.4) is 0 Å². The molecule has 1 fully saturated rings. The molecule has 1 aromatic rings. The maximum absolute atomic E-state index is 12.3. The number of amides is 1. The number of allylic oxidation sites excluding steroid dienone is 2. The molecule has 1 unspecified atom stereocenters. The minimum atomic E-state index is 0.308. The molecular weight excluding hydrogens is 250 g/mol. The van der Waals surface area contributed by atoms with E-state index in [-0.39, 0.29) is 0 Å². The Morgan fingerprint density at radius 1 is 1.25 bits per heavy atom. The highest BCUT2D eigenvalue weighted by atomic mass is 16.2. The van der Waals surface area contributed by atoms with Gasteiger partial charge in [-0.3, -0.25) is 4.79 Å². The lowest BCUT2D eigenvalue weighted by atomic mass is 10.0. The molecule has 4 nitrogen and oxygen atoms in total. The molecule has 0 aromatic carbocycles. The molecule has 0 spiro atoms. The van der Waals surface area contributed by atoms with Gasteiger partial charge in [0.05, 0.1) is 0 Å². The zero-order valence-corrected chi connectivity index (χ0v) is 11.7. The maximum atomic E-state index is 12.3. The molecule has 1 atom stereocenters. The van der Waals surface area contributed by atoms with Gasteiger partial charge < -0.3 is 9.80 Å². The van der Waals surface area contributed by atoms with E-state index in [1.54, 1.807) is 0 Å². The monoisotopic (exact) mass is 271 g/mol. The van der Waals surface area contributed by atoms with Crippen molar-refractivity contribution in [3.05, 3.63) is 36.5 Å². The highest BCUT2D eigenvalue weighted by Gasteiger charge is 2.23. The van der Waals surface area contributed by atoms with Crippen molar-refractivity contribution in [2.45, 2.75) is 19.3 Å². The fourth-order valence-electron chi connectivity index (χ4n) is 2.94. The third-order valence-corrected chi connectivity index (χ3v) is 4.15. The van der Waals surface area contributed by atoms with Gasteiger partial charge in [-0.2, -0.15) is 0 Å². The number of rotatable bonds is 3. The minimum Gasteiger partial charge on any atom is -0.353 e. The van der Waals surface area contributed by atoms with Crippen LogP contribution in [0.2, 0.25) is 0 Å². The normalized spacial score (nSPS) is 22.3. The molecule has 2 heterocycles. The number of nitrogens with zero attached hydrogens (tertiary/aromatic N) is 3. The molecule has 1 amide bonds. The van der Waals surface area contributed by atoms with Crippen molar-refractivity contribution in [2.24, 2.45) is 5.92 Å². The molecule has 1 aliphatic heterocycles. The van der Waals surface area contributed by atoms with E-state index in [1.807, 2.05) is 29.3 Å². The fraction of sp³-hybridized carbons (Fsp3) is 0.500. The molecule has 1 aromatic heterocycles. The molecule has 0 radical (unpaired) electrons. The molecule has 0 saturated carbocycles. The first kappa shape index (κ1) is 13.2. The summed E-state index contributed by atoms with van der Waals surface area (Å²) in [4.78, 5) is 20.9. The number of carbonyl (C=O) groups excluding carboxylic acids is 1. The Morgan fingerprint density at radius 3 is 2.75 bits per heavy atom. The molecule has 1 aliphatic carbocycles. The van der Waals surface area contributed by atoms with Gasteiger partial charge in [0.1, 0.15) is 5.82 Å². The highest BCUT2D eigenvalue weighted by molar-refractivity contribution is 5.77. The summed E-state index contributed by atoms with van der Waals surface area (Å²) in [5.41, 5.74) is 0. The standard InChI is InChI=1S/C16H21N3O/c20-16(13-14-5-1-2-6-14)19-11-9-18(10-12-19)15-7-3-4-8-17-15/h1,3-5,7-8,14H,2,6,9-13H2. The van der Waals surface area contributed by atoms with Gasteiger partial charge in [0.2, 0.25) is 5.91 Å². The highest BCUT2D eigenvalue weighted by Crippen LogP contribution is 2.22. The topological polar surface area (TPSA) is 36.4 Å². The number of carbonyl (C=O) groups is 1. The van der Waals surface area contributed by atoms with Crippen LogP contribution in [0.15, 0.2) is 36.5 Å². The van der Waals surface area contributed by atoms with Crippen molar-refractivity contribution >= 4 is 11.7 Å². The Balaban J connectivity index is 1.50. The van der Waals surface area contributed by atoms with E-state index >= 15 is 0 Å². The summed E-state index contributed by atoms with van der Waals surface area (Å²) in [5.74, 6) is 1.79. The maximum Gasteiger partial charge on any atom is 0.223 e. The lowest BCUT2D eigenvalue weighted by Crippen LogP contribution is -2.49. The van der Waals surface area contributed by atoms with Gasteiger partial charge in [0.25, 0.3) is 0 Å². The third-order valence-electron chi connectivity index (χ3n) is 4.15. The van der Waals surface area contributed by atoms with E-state index in [9.17, 15) is 4.79 Å². The molecule has 0 bridgehead atoms. The predicted molar refractivity (Wildman–Crippen MR) is 79.5 cm³/mol. The van der Waals surface area contributed by atoms with E-state index in [0.29, 0.717) is 18.2 Å². The van der Waals surface area contributed by atoms with Crippen LogP contribution in [-0.4, -0.2) is 42.0 Å². The van der Waals surface area contributed by atoms with Crippen LogP contribution < -0.4 is 4.90 Å². The Hall–Kier alpha value is -1.84. The number of hydrogen-bond acceptors (Lipinski definition) is 3. The Labute approximate surface area is 120 Å². The number of anilines is 1. The Morgan fingerprint density at radius 2 is 2.10 bits per heavy atom. The Kier molecular flexibility index (Phi) is 4.00. The van der Waals surface area contributed by atoms with Crippen LogP contribution in [0.5, 0.6) is 0 Å². The molecule has 2 aliphatic rings. The smallest absolute Gasteiger partial charge is 0.223 e.